The van der Waals surface area contributed by atoms with Crippen molar-refractivity contribution in [1.29, 1.82) is 0 Å². The molecule has 3 aromatic rings. The SMILES string of the molecule is O=S(=O)(Oc1nnc(-c2cccs2)c2ccccc12)C(F)(F)F. The Morgan fingerprint density at radius 2 is 1.70 bits per heavy atom. The highest BCUT2D eigenvalue weighted by molar-refractivity contribution is 7.88. The van der Waals surface area contributed by atoms with Gasteiger partial charge in [-0.3, -0.25) is 0 Å². The summed E-state index contributed by atoms with van der Waals surface area (Å²) in [5.41, 5.74) is -5.10. The fourth-order valence-corrected chi connectivity index (χ4v) is 3.04. The van der Waals surface area contributed by atoms with Gasteiger partial charge in [-0.2, -0.15) is 21.6 Å². The summed E-state index contributed by atoms with van der Waals surface area (Å²) in [6.07, 6.45) is 0. The topological polar surface area (TPSA) is 69.2 Å². The van der Waals surface area contributed by atoms with Crippen molar-refractivity contribution in [3.8, 4) is 16.5 Å². The van der Waals surface area contributed by atoms with Crippen LogP contribution in [0.4, 0.5) is 13.2 Å². The van der Waals surface area contributed by atoms with Gasteiger partial charge in [0.25, 0.3) is 5.88 Å². The van der Waals surface area contributed by atoms with Gasteiger partial charge in [0, 0.05) is 10.8 Å². The van der Waals surface area contributed by atoms with Crippen LogP contribution >= 0.6 is 11.3 Å². The van der Waals surface area contributed by atoms with E-state index in [0.29, 0.717) is 11.1 Å². The Morgan fingerprint density at radius 3 is 2.30 bits per heavy atom. The lowest BCUT2D eigenvalue weighted by Crippen LogP contribution is -2.28. The van der Waals surface area contributed by atoms with Gasteiger partial charge in [-0.25, -0.2) is 0 Å². The third-order valence-electron chi connectivity index (χ3n) is 2.88. The molecule has 10 heteroatoms. The van der Waals surface area contributed by atoms with Crippen molar-refractivity contribution < 1.29 is 25.8 Å². The van der Waals surface area contributed by atoms with E-state index in [-0.39, 0.29) is 5.39 Å². The fourth-order valence-electron chi connectivity index (χ4n) is 1.89. The van der Waals surface area contributed by atoms with E-state index in [9.17, 15) is 21.6 Å². The second-order valence-corrected chi connectivity index (χ2v) is 6.85. The summed E-state index contributed by atoms with van der Waals surface area (Å²) in [5.74, 6) is -0.710. The van der Waals surface area contributed by atoms with Crippen LogP contribution in [-0.2, 0) is 10.1 Å². The molecular weight excluding hydrogens is 353 g/mol. The van der Waals surface area contributed by atoms with Gasteiger partial charge in [-0.1, -0.05) is 24.3 Å². The minimum atomic E-state index is -5.81. The van der Waals surface area contributed by atoms with E-state index < -0.39 is 21.5 Å². The zero-order valence-electron chi connectivity index (χ0n) is 11.1. The highest BCUT2D eigenvalue weighted by atomic mass is 32.2. The summed E-state index contributed by atoms with van der Waals surface area (Å²) in [6.45, 7) is 0. The number of hydrogen-bond acceptors (Lipinski definition) is 6. The molecule has 0 saturated heterocycles. The molecule has 0 aliphatic heterocycles. The second-order valence-electron chi connectivity index (χ2n) is 4.36. The van der Waals surface area contributed by atoms with Crippen molar-refractivity contribution in [3.05, 3.63) is 41.8 Å². The molecule has 2 heterocycles. The minimum Gasteiger partial charge on any atom is -0.353 e. The normalized spacial score (nSPS) is 12.5. The maximum atomic E-state index is 12.5. The standard InChI is InChI=1S/C13H7F3N2O3S2/c14-13(15,16)23(19,20)21-12-9-5-2-1-4-8(9)11(17-18-12)10-6-3-7-22-10/h1-7H. The van der Waals surface area contributed by atoms with Crippen molar-refractivity contribution >= 4 is 32.2 Å². The van der Waals surface area contributed by atoms with Crippen LogP contribution in [0.15, 0.2) is 41.8 Å². The first-order valence-electron chi connectivity index (χ1n) is 6.09. The van der Waals surface area contributed by atoms with Gasteiger partial charge >= 0.3 is 15.6 Å². The van der Waals surface area contributed by atoms with E-state index >= 15 is 0 Å². The molecule has 5 nitrogen and oxygen atoms in total. The summed E-state index contributed by atoms with van der Waals surface area (Å²) >= 11 is 1.37. The highest BCUT2D eigenvalue weighted by Crippen LogP contribution is 2.35. The third kappa shape index (κ3) is 2.86. The van der Waals surface area contributed by atoms with E-state index in [1.807, 2.05) is 5.38 Å². The number of nitrogens with zero attached hydrogens (tertiary/aromatic N) is 2. The molecule has 0 radical (unpaired) electrons. The first-order valence-corrected chi connectivity index (χ1v) is 8.38. The van der Waals surface area contributed by atoms with Crippen molar-refractivity contribution in [1.82, 2.24) is 10.2 Å². The molecule has 0 fully saturated rings. The van der Waals surface area contributed by atoms with Crippen LogP contribution in [0.2, 0.25) is 0 Å². The van der Waals surface area contributed by atoms with Gasteiger partial charge in [0.2, 0.25) is 0 Å². The lowest BCUT2D eigenvalue weighted by molar-refractivity contribution is -0.0501. The Balaban J connectivity index is 2.17. The van der Waals surface area contributed by atoms with Gasteiger partial charge in [-0.15, -0.1) is 21.5 Å². The summed E-state index contributed by atoms with van der Waals surface area (Å²) in [4.78, 5) is 0.749. The highest BCUT2D eigenvalue weighted by Gasteiger charge is 2.49. The molecule has 0 saturated carbocycles. The smallest absolute Gasteiger partial charge is 0.353 e. The fraction of sp³-hybridized carbons (Fsp3) is 0.0769. The molecule has 0 aliphatic rings. The van der Waals surface area contributed by atoms with Gasteiger partial charge in [0.1, 0.15) is 5.69 Å². The van der Waals surface area contributed by atoms with E-state index in [1.165, 1.54) is 23.5 Å². The lowest BCUT2D eigenvalue weighted by atomic mass is 10.1. The maximum absolute atomic E-state index is 12.5. The monoisotopic (exact) mass is 360 g/mol. The van der Waals surface area contributed by atoms with E-state index in [2.05, 4.69) is 14.4 Å². The summed E-state index contributed by atoms with van der Waals surface area (Å²) in [6, 6.07) is 9.77. The molecule has 0 atom stereocenters. The Kier molecular flexibility index (Phi) is 3.72. The maximum Gasteiger partial charge on any atom is 0.534 e. The Labute approximate surface area is 132 Å². The Hall–Kier alpha value is -2.20. The van der Waals surface area contributed by atoms with Crippen LogP contribution in [0.5, 0.6) is 5.88 Å². The molecule has 0 aliphatic carbocycles. The minimum absolute atomic E-state index is 0.124. The van der Waals surface area contributed by atoms with Crippen molar-refractivity contribution in [2.75, 3.05) is 0 Å². The number of hydrogen-bond donors (Lipinski definition) is 0. The predicted molar refractivity (Wildman–Crippen MR) is 78.5 cm³/mol. The lowest BCUT2D eigenvalue weighted by Gasteiger charge is -2.11. The van der Waals surface area contributed by atoms with E-state index in [1.54, 1.807) is 24.3 Å². The average Bonchev–Trinajstić information content (AvgIpc) is 3.00. The Bertz CT molecular complexity index is 954. The van der Waals surface area contributed by atoms with Crippen LogP contribution in [-0.4, -0.2) is 24.1 Å². The number of halogens is 3. The number of alkyl halides is 3. The van der Waals surface area contributed by atoms with Crippen molar-refractivity contribution in [2.45, 2.75) is 5.51 Å². The number of rotatable bonds is 3. The van der Waals surface area contributed by atoms with Crippen molar-refractivity contribution in [2.24, 2.45) is 0 Å². The zero-order valence-corrected chi connectivity index (χ0v) is 12.7. The largest absolute Gasteiger partial charge is 0.534 e. The van der Waals surface area contributed by atoms with E-state index in [4.69, 9.17) is 0 Å². The van der Waals surface area contributed by atoms with Gasteiger partial charge in [-0.05, 0) is 17.5 Å². The number of thiophene rings is 1. The van der Waals surface area contributed by atoms with Crippen molar-refractivity contribution in [3.63, 3.8) is 0 Å². The van der Waals surface area contributed by atoms with Gasteiger partial charge < -0.3 is 4.18 Å². The van der Waals surface area contributed by atoms with Crippen LogP contribution in [0, 0.1) is 0 Å². The number of benzene rings is 1. The molecule has 0 N–H and O–H groups in total. The molecule has 0 spiro atoms. The zero-order chi connectivity index (χ0) is 16.7. The molecule has 2 aromatic heterocycles. The summed E-state index contributed by atoms with van der Waals surface area (Å²) in [7, 11) is -5.81. The number of fused-ring (bicyclic) bond motifs is 1. The van der Waals surface area contributed by atoms with Gasteiger partial charge in [0.05, 0.1) is 4.88 Å². The van der Waals surface area contributed by atoms with Crippen LogP contribution in [0.3, 0.4) is 0 Å². The summed E-state index contributed by atoms with van der Waals surface area (Å²) < 4.78 is 63.8. The van der Waals surface area contributed by atoms with Crippen LogP contribution in [0.25, 0.3) is 21.3 Å². The molecule has 120 valence electrons. The number of aromatic nitrogens is 2. The first kappa shape index (κ1) is 15.7. The van der Waals surface area contributed by atoms with Crippen LogP contribution < -0.4 is 4.18 Å². The quantitative estimate of drug-likeness (QED) is 0.527. The van der Waals surface area contributed by atoms with Gasteiger partial charge in [0.15, 0.2) is 0 Å². The molecule has 0 bridgehead atoms. The van der Waals surface area contributed by atoms with Crippen LogP contribution in [0.1, 0.15) is 0 Å². The Morgan fingerprint density at radius 1 is 1.00 bits per heavy atom. The molecule has 23 heavy (non-hydrogen) atoms. The predicted octanol–water partition coefficient (Wildman–Crippen LogP) is 3.59. The molecule has 1 aromatic carbocycles. The molecular formula is C13H7F3N2O3S2. The third-order valence-corrected chi connectivity index (χ3v) is 4.70. The molecule has 0 amide bonds. The first-order chi connectivity index (χ1) is 10.8. The van der Waals surface area contributed by atoms with E-state index in [0.717, 1.165) is 4.88 Å². The molecule has 3 rings (SSSR count). The average molecular weight is 360 g/mol. The molecule has 0 unspecified atom stereocenters. The summed E-state index contributed by atoms with van der Waals surface area (Å²) in [5, 5.41) is 9.71. The second kappa shape index (κ2) is 5.46.